The van der Waals surface area contributed by atoms with Gasteiger partial charge in [-0.3, -0.25) is 19.0 Å². The van der Waals surface area contributed by atoms with Crippen molar-refractivity contribution in [2.45, 2.75) is 31.4 Å². The Labute approximate surface area is 207 Å². The molecule has 2 heterocycles. The topological polar surface area (TPSA) is 100 Å². The number of carbonyl (C=O) groups is 2. The largest absolute Gasteiger partial charge is 0.522 e. The molecule has 2 amide bonds. The van der Waals surface area contributed by atoms with Gasteiger partial charge in [0.25, 0.3) is 11.8 Å². The first-order valence-electron chi connectivity index (χ1n) is 11.0. The molecule has 8 nitrogen and oxygen atoms in total. The van der Waals surface area contributed by atoms with Crippen molar-refractivity contribution in [1.29, 1.82) is 5.26 Å². The van der Waals surface area contributed by atoms with Crippen LogP contribution in [-0.4, -0.2) is 50.0 Å². The summed E-state index contributed by atoms with van der Waals surface area (Å²) in [4.78, 5) is 28.3. The van der Waals surface area contributed by atoms with E-state index in [4.69, 9.17) is 5.26 Å². The molecule has 12 heteroatoms. The first-order chi connectivity index (χ1) is 17.0. The SMILES string of the molecule is C[C@]1([SiH3])Cn2ncc(C(=O)Nc3cccc(C#N)c3)c2C(=O)N1c1ccc(CCOC(F)(F)F)cc1. The standard InChI is InChI=1S/C24H22F3N5O3Si/c1-23(36)14-31-20(19(13-29-31)21(33)30-17-4-2-3-16(11-17)12-28)22(34)32(23)18-7-5-15(6-8-18)9-10-35-24(25,26)27/h2-8,11,13H,9-10,14H2,1,36H3,(H,30,33)/t23-/m0/s1. The summed E-state index contributed by atoms with van der Waals surface area (Å²) in [5.41, 5.74) is 2.24. The van der Waals surface area contributed by atoms with Gasteiger partial charge in [-0.25, -0.2) is 0 Å². The van der Waals surface area contributed by atoms with Gasteiger partial charge in [0.05, 0.1) is 36.5 Å². The van der Waals surface area contributed by atoms with E-state index in [0.717, 1.165) is 0 Å². The van der Waals surface area contributed by atoms with Crippen molar-refractivity contribution >= 4 is 33.4 Å². The lowest BCUT2D eigenvalue weighted by Gasteiger charge is -2.42. The zero-order valence-corrected chi connectivity index (χ0v) is 21.5. The third kappa shape index (κ3) is 5.32. The second kappa shape index (κ2) is 9.60. The highest BCUT2D eigenvalue weighted by molar-refractivity contribution is 6.25. The molecule has 1 N–H and O–H groups in total. The molecular formula is C24H22F3N5O3Si. The van der Waals surface area contributed by atoms with Gasteiger partial charge in [-0.05, 0) is 49.2 Å². The second-order valence-electron chi connectivity index (χ2n) is 8.87. The summed E-state index contributed by atoms with van der Waals surface area (Å²) in [6.45, 7) is 1.79. The van der Waals surface area contributed by atoms with Gasteiger partial charge < -0.3 is 10.2 Å². The molecule has 186 valence electrons. The van der Waals surface area contributed by atoms with Gasteiger partial charge >= 0.3 is 6.36 Å². The average molecular weight is 514 g/mol. The minimum absolute atomic E-state index is 0.0654. The number of rotatable bonds is 6. The number of ether oxygens (including phenoxy) is 1. The van der Waals surface area contributed by atoms with E-state index in [1.54, 1.807) is 47.4 Å². The van der Waals surface area contributed by atoms with Gasteiger partial charge in [0.2, 0.25) is 0 Å². The molecule has 1 atom stereocenters. The van der Waals surface area contributed by atoms with Crippen molar-refractivity contribution in [2.24, 2.45) is 0 Å². The van der Waals surface area contributed by atoms with E-state index in [-0.39, 0.29) is 17.7 Å². The molecule has 0 aliphatic carbocycles. The molecule has 0 radical (unpaired) electrons. The molecule has 3 aromatic rings. The van der Waals surface area contributed by atoms with Gasteiger partial charge in [0.1, 0.15) is 5.69 Å². The molecule has 1 aliphatic rings. The number of nitrogens with zero attached hydrogens (tertiary/aromatic N) is 4. The predicted octanol–water partition coefficient (Wildman–Crippen LogP) is 2.83. The number of hydrogen-bond acceptors (Lipinski definition) is 5. The molecule has 0 saturated carbocycles. The van der Waals surface area contributed by atoms with Crippen LogP contribution in [0.4, 0.5) is 24.5 Å². The molecule has 0 spiro atoms. The fourth-order valence-electron chi connectivity index (χ4n) is 4.14. The van der Waals surface area contributed by atoms with Crippen molar-refractivity contribution in [3.8, 4) is 6.07 Å². The normalized spacial score (nSPS) is 17.5. The highest BCUT2D eigenvalue weighted by Gasteiger charge is 2.42. The Balaban J connectivity index is 1.57. The summed E-state index contributed by atoms with van der Waals surface area (Å²) < 4.78 is 42.0. The second-order valence-corrected chi connectivity index (χ2v) is 11.0. The fourth-order valence-corrected chi connectivity index (χ4v) is 4.90. The van der Waals surface area contributed by atoms with Gasteiger partial charge in [0, 0.05) is 26.8 Å². The van der Waals surface area contributed by atoms with Crippen molar-refractivity contribution in [3.63, 3.8) is 0 Å². The number of halogens is 3. The smallest absolute Gasteiger partial charge is 0.322 e. The maximum absolute atomic E-state index is 13.7. The van der Waals surface area contributed by atoms with Crippen molar-refractivity contribution < 1.29 is 27.5 Å². The number of amides is 2. The first kappa shape index (κ1) is 25.1. The molecule has 36 heavy (non-hydrogen) atoms. The molecule has 0 bridgehead atoms. The molecule has 1 aromatic heterocycles. The van der Waals surface area contributed by atoms with Gasteiger partial charge in [-0.1, -0.05) is 18.2 Å². The summed E-state index contributed by atoms with van der Waals surface area (Å²) in [5.74, 6) is -0.933. The van der Waals surface area contributed by atoms with Crippen molar-refractivity contribution in [2.75, 3.05) is 16.8 Å². The lowest BCUT2D eigenvalue weighted by molar-refractivity contribution is -0.324. The Morgan fingerprint density at radius 2 is 2.00 bits per heavy atom. The van der Waals surface area contributed by atoms with Crippen LogP contribution in [0, 0.1) is 11.3 Å². The lowest BCUT2D eigenvalue weighted by atomic mass is 10.1. The number of benzene rings is 2. The quantitative estimate of drug-likeness (QED) is 0.511. The van der Waals surface area contributed by atoms with E-state index in [1.807, 2.05) is 13.0 Å². The van der Waals surface area contributed by atoms with Crippen LogP contribution in [0.1, 0.15) is 38.9 Å². The number of aromatic nitrogens is 2. The average Bonchev–Trinajstić information content (AvgIpc) is 3.22. The molecule has 0 saturated heterocycles. The van der Waals surface area contributed by atoms with E-state index < -0.39 is 29.9 Å². The molecule has 0 unspecified atom stereocenters. The van der Waals surface area contributed by atoms with Crippen LogP contribution in [0.25, 0.3) is 0 Å². The highest BCUT2D eigenvalue weighted by Crippen LogP contribution is 2.32. The van der Waals surface area contributed by atoms with Crippen LogP contribution in [0.15, 0.2) is 54.7 Å². The third-order valence-electron chi connectivity index (χ3n) is 5.73. The van der Waals surface area contributed by atoms with E-state index in [9.17, 15) is 22.8 Å². The van der Waals surface area contributed by atoms with Crippen LogP contribution in [-0.2, 0) is 17.7 Å². The molecule has 1 aliphatic heterocycles. The Bertz CT molecular complexity index is 1350. The Morgan fingerprint density at radius 3 is 2.67 bits per heavy atom. The molecule has 0 fully saturated rings. The number of fused-ring (bicyclic) bond motifs is 1. The van der Waals surface area contributed by atoms with E-state index in [1.165, 1.54) is 16.9 Å². The zero-order chi connectivity index (χ0) is 26.1. The Hall–Kier alpha value is -3.95. The molecule has 2 aromatic carbocycles. The zero-order valence-electron chi connectivity index (χ0n) is 19.5. The Morgan fingerprint density at radius 1 is 1.28 bits per heavy atom. The van der Waals surface area contributed by atoms with Crippen molar-refractivity contribution in [3.05, 3.63) is 77.1 Å². The predicted molar refractivity (Wildman–Crippen MR) is 129 cm³/mol. The number of nitrogens with one attached hydrogen (secondary N) is 1. The van der Waals surface area contributed by atoms with E-state index >= 15 is 0 Å². The van der Waals surface area contributed by atoms with E-state index in [0.29, 0.717) is 39.3 Å². The first-order valence-corrected chi connectivity index (χ1v) is 12.0. The minimum Gasteiger partial charge on any atom is -0.322 e. The maximum atomic E-state index is 13.7. The van der Waals surface area contributed by atoms with Crippen LogP contribution < -0.4 is 10.2 Å². The van der Waals surface area contributed by atoms with Gasteiger partial charge in [-0.15, -0.1) is 13.2 Å². The number of alkyl halides is 3. The number of anilines is 2. The number of carbonyl (C=O) groups excluding carboxylic acids is 2. The maximum Gasteiger partial charge on any atom is 0.522 e. The van der Waals surface area contributed by atoms with Gasteiger partial charge in [-0.2, -0.15) is 10.4 Å². The monoisotopic (exact) mass is 513 g/mol. The third-order valence-corrected chi connectivity index (χ3v) is 6.50. The summed E-state index contributed by atoms with van der Waals surface area (Å²) in [5, 5.41) is 15.5. The number of hydrogen-bond donors (Lipinski definition) is 1. The van der Waals surface area contributed by atoms with Crippen molar-refractivity contribution in [1.82, 2.24) is 9.78 Å². The summed E-state index contributed by atoms with van der Waals surface area (Å²) in [7, 11) is 0.583. The van der Waals surface area contributed by atoms with Crippen LogP contribution >= 0.6 is 0 Å². The number of nitriles is 1. The summed E-state index contributed by atoms with van der Waals surface area (Å²) >= 11 is 0. The lowest BCUT2D eigenvalue weighted by Crippen LogP contribution is -2.58. The summed E-state index contributed by atoms with van der Waals surface area (Å²) in [6, 6.07) is 15.1. The van der Waals surface area contributed by atoms with E-state index in [2.05, 4.69) is 15.2 Å². The van der Waals surface area contributed by atoms with Crippen LogP contribution in [0.5, 0.6) is 0 Å². The minimum atomic E-state index is -4.68. The highest BCUT2D eigenvalue weighted by atomic mass is 28.1. The van der Waals surface area contributed by atoms with Crippen LogP contribution in [0.2, 0.25) is 0 Å². The molecule has 4 rings (SSSR count). The Kier molecular flexibility index (Phi) is 6.70. The van der Waals surface area contributed by atoms with Gasteiger partial charge in [0.15, 0.2) is 0 Å². The van der Waals surface area contributed by atoms with Crippen LogP contribution in [0.3, 0.4) is 0 Å². The molecular weight excluding hydrogens is 491 g/mol. The fraction of sp³-hybridized carbons (Fsp3) is 0.250. The summed E-state index contributed by atoms with van der Waals surface area (Å²) in [6.07, 6.45) is -3.27.